The fourth-order valence-corrected chi connectivity index (χ4v) is 3.41. The summed E-state index contributed by atoms with van der Waals surface area (Å²) in [4.78, 5) is 17.3. The second kappa shape index (κ2) is 8.49. The van der Waals surface area contributed by atoms with Crippen LogP contribution in [-0.4, -0.2) is 20.7 Å². The molecule has 1 aromatic heterocycles. The zero-order chi connectivity index (χ0) is 20.4. The van der Waals surface area contributed by atoms with E-state index >= 15 is 0 Å². The highest BCUT2D eigenvalue weighted by atomic mass is 79.9. The molecule has 0 aliphatic carbocycles. The van der Waals surface area contributed by atoms with E-state index in [1.807, 2.05) is 48.5 Å². The summed E-state index contributed by atoms with van der Waals surface area (Å²) in [5.74, 6) is 0.169. The number of para-hydroxylation sites is 1. The van der Waals surface area contributed by atoms with Gasteiger partial charge in [-0.1, -0.05) is 67.7 Å². The third-order valence-electron chi connectivity index (χ3n) is 4.11. The second-order valence-corrected chi connectivity index (χ2v) is 8.33. The Hall–Kier alpha value is -2.48. The van der Waals surface area contributed by atoms with Crippen molar-refractivity contribution in [3.63, 3.8) is 0 Å². The first kappa shape index (κ1) is 19.8. The molecule has 4 aromatic rings. The van der Waals surface area contributed by atoms with Gasteiger partial charge in [-0.3, -0.25) is 4.79 Å². The van der Waals surface area contributed by atoms with Gasteiger partial charge >= 0.3 is 0 Å². The SMILES string of the molecule is O=C(Nc1ccccc1Cl)c1nc(-c2ccc(Br)cc2)n(-c2ccc(Br)cc2)n1. The van der Waals surface area contributed by atoms with Gasteiger partial charge in [0.05, 0.1) is 16.4 Å². The molecule has 3 aromatic carbocycles. The van der Waals surface area contributed by atoms with Crippen molar-refractivity contribution in [1.82, 2.24) is 14.8 Å². The topological polar surface area (TPSA) is 59.8 Å². The lowest BCUT2D eigenvalue weighted by Gasteiger charge is -2.06. The van der Waals surface area contributed by atoms with E-state index in [-0.39, 0.29) is 5.82 Å². The fraction of sp³-hybridized carbons (Fsp3) is 0. The largest absolute Gasteiger partial charge is 0.318 e. The lowest BCUT2D eigenvalue weighted by Crippen LogP contribution is -2.14. The molecule has 0 saturated heterocycles. The smallest absolute Gasteiger partial charge is 0.295 e. The fourth-order valence-electron chi connectivity index (χ4n) is 2.70. The Morgan fingerprint density at radius 1 is 0.897 bits per heavy atom. The Morgan fingerprint density at radius 2 is 1.52 bits per heavy atom. The zero-order valence-corrected chi connectivity index (χ0v) is 18.7. The van der Waals surface area contributed by atoms with Gasteiger partial charge in [-0.2, -0.15) is 0 Å². The van der Waals surface area contributed by atoms with Crippen LogP contribution >= 0.6 is 43.5 Å². The van der Waals surface area contributed by atoms with Gasteiger partial charge in [-0.25, -0.2) is 9.67 Å². The molecule has 0 unspecified atom stereocenters. The van der Waals surface area contributed by atoms with Crippen LogP contribution in [0.4, 0.5) is 5.69 Å². The van der Waals surface area contributed by atoms with Crippen LogP contribution in [0.1, 0.15) is 10.6 Å². The highest BCUT2D eigenvalue weighted by Crippen LogP contribution is 2.25. The van der Waals surface area contributed by atoms with Crippen molar-refractivity contribution < 1.29 is 4.79 Å². The molecule has 0 fully saturated rings. The van der Waals surface area contributed by atoms with Crippen molar-refractivity contribution in [3.8, 4) is 17.1 Å². The van der Waals surface area contributed by atoms with Gasteiger partial charge in [0, 0.05) is 14.5 Å². The molecule has 144 valence electrons. The molecule has 0 bridgehead atoms. The minimum atomic E-state index is -0.438. The Bertz CT molecular complexity index is 1110. The van der Waals surface area contributed by atoms with Gasteiger partial charge in [-0.05, 0) is 48.5 Å². The molecule has 0 atom stereocenters. The van der Waals surface area contributed by atoms with Crippen LogP contribution < -0.4 is 5.32 Å². The minimum absolute atomic E-state index is 0.0470. The van der Waals surface area contributed by atoms with E-state index in [1.165, 1.54) is 0 Å². The van der Waals surface area contributed by atoms with Gasteiger partial charge < -0.3 is 5.32 Å². The maximum atomic E-state index is 12.8. The van der Waals surface area contributed by atoms with Gasteiger partial charge in [0.15, 0.2) is 5.82 Å². The first-order valence-corrected chi connectivity index (χ1v) is 10.5. The summed E-state index contributed by atoms with van der Waals surface area (Å²) in [5, 5.41) is 7.67. The summed E-state index contributed by atoms with van der Waals surface area (Å²) in [7, 11) is 0. The van der Waals surface area contributed by atoms with Crippen LogP contribution in [0.15, 0.2) is 81.7 Å². The number of hydrogen-bond acceptors (Lipinski definition) is 3. The number of hydrogen-bond donors (Lipinski definition) is 1. The second-order valence-electron chi connectivity index (χ2n) is 6.09. The summed E-state index contributed by atoms with van der Waals surface area (Å²) >= 11 is 13.0. The van der Waals surface area contributed by atoms with Crippen molar-refractivity contribution in [1.29, 1.82) is 0 Å². The average Bonchev–Trinajstić information content (AvgIpc) is 3.16. The van der Waals surface area contributed by atoms with Crippen LogP contribution in [-0.2, 0) is 0 Å². The van der Waals surface area contributed by atoms with Crippen molar-refractivity contribution in [2.24, 2.45) is 0 Å². The van der Waals surface area contributed by atoms with Crippen LogP contribution in [0.5, 0.6) is 0 Å². The van der Waals surface area contributed by atoms with E-state index in [9.17, 15) is 4.79 Å². The minimum Gasteiger partial charge on any atom is -0.318 e. The van der Waals surface area contributed by atoms with E-state index < -0.39 is 5.91 Å². The van der Waals surface area contributed by atoms with Crippen molar-refractivity contribution in [3.05, 3.63) is 92.6 Å². The van der Waals surface area contributed by atoms with E-state index in [2.05, 4.69) is 47.3 Å². The Kier molecular flexibility index (Phi) is 5.80. The lowest BCUT2D eigenvalue weighted by atomic mass is 10.2. The standard InChI is InChI=1S/C21H13Br2ClN4O/c22-14-7-5-13(6-8-14)20-26-19(21(29)25-18-4-2-1-3-17(18)24)27-28(20)16-11-9-15(23)10-12-16/h1-12H,(H,25,29). The molecule has 1 heterocycles. The Morgan fingerprint density at radius 3 is 2.17 bits per heavy atom. The first-order valence-electron chi connectivity index (χ1n) is 8.56. The van der Waals surface area contributed by atoms with E-state index in [4.69, 9.17) is 11.6 Å². The molecule has 4 rings (SSSR count). The molecule has 0 aliphatic heterocycles. The number of carbonyl (C=O) groups excluding carboxylic acids is 1. The maximum Gasteiger partial charge on any atom is 0.295 e. The van der Waals surface area contributed by atoms with Crippen molar-refractivity contribution in [2.75, 3.05) is 5.32 Å². The van der Waals surface area contributed by atoms with Crippen molar-refractivity contribution >= 4 is 55.1 Å². The number of rotatable bonds is 4. The van der Waals surface area contributed by atoms with Crippen LogP contribution in [0.2, 0.25) is 5.02 Å². The summed E-state index contributed by atoms with van der Waals surface area (Å²) in [6, 6.07) is 22.3. The Labute approximate surface area is 189 Å². The average molecular weight is 533 g/mol. The van der Waals surface area contributed by atoms with E-state index in [0.29, 0.717) is 16.5 Å². The number of carbonyl (C=O) groups is 1. The van der Waals surface area contributed by atoms with E-state index in [1.54, 1.807) is 28.9 Å². The molecule has 0 spiro atoms. The Balaban J connectivity index is 1.76. The predicted molar refractivity (Wildman–Crippen MR) is 122 cm³/mol. The predicted octanol–water partition coefficient (Wildman–Crippen LogP) is 6.37. The molecule has 8 heteroatoms. The van der Waals surface area contributed by atoms with E-state index in [0.717, 1.165) is 20.2 Å². The molecule has 1 amide bonds. The molecular weight excluding hydrogens is 520 g/mol. The number of anilines is 1. The number of halogens is 3. The lowest BCUT2D eigenvalue weighted by molar-refractivity contribution is 0.101. The quantitative estimate of drug-likeness (QED) is 0.333. The van der Waals surface area contributed by atoms with Gasteiger partial charge in [0.2, 0.25) is 5.82 Å². The summed E-state index contributed by atoms with van der Waals surface area (Å²) in [6.07, 6.45) is 0. The highest BCUT2D eigenvalue weighted by Gasteiger charge is 2.19. The molecule has 0 aliphatic rings. The number of amides is 1. The number of aromatic nitrogens is 3. The summed E-state index contributed by atoms with van der Waals surface area (Å²) in [6.45, 7) is 0. The zero-order valence-electron chi connectivity index (χ0n) is 14.8. The third kappa shape index (κ3) is 4.42. The van der Waals surface area contributed by atoms with Gasteiger partial charge in [-0.15, -0.1) is 5.10 Å². The normalized spacial score (nSPS) is 10.7. The van der Waals surface area contributed by atoms with Gasteiger partial charge in [0.1, 0.15) is 0 Å². The number of nitrogens with zero attached hydrogens (tertiary/aromatic N) is 3. The third-order valence-corrected chi connectivity index (χ3v) is 5.49. The van der Waals surface area contributed by atoms with Gasteiger partial charge in [0.25, 0.3) is 5.91 Å². The van der Waals surface area contributed by atoms with Crippen LogP contribution in [0.3, 0.4) is 0 Å². The molecule has 0 saturated carbocycles. The molecular formula is C21H13Br2ClN4O. The molecule has 1 N–H and O–H groups in total. The van der Waals surface area contributed by atoms with Crippen LogP contribution in [0, 0.1) is 0 Å². The summed E-state index contributed by atoms with van der Waals surface area (Å²) < 4.78 is 3.55. The molecule has 0 radical (unpaired) electrons. The monoisotopic (exact) mass is 530 g/mol. The number of nitrogens with one attached hydrogen (secondary N) is 1. The maximum absolute atomic E-state index is 12.8. The number of benzene rings is 3. The molecule has 5 nitrogen and oxygen atoms in total. The van der Waals surface area contributed by atoms with Crippen molar-refractivity contribution in [2.45, 2.75) is 0 Å². The molecule has 29 heavy (non-hydrogen) atoms. The summed E-state index contributed by atoms with van der Waals surface area (Å²) in [5.41, 5.74) is 2.13. The highest BCUT2D eigenvalue weighted by molar-refractivity contribution is 9.10. The van der Waals surface area contributed by atoms with Crippen LogP contribution in [0.25, 0.3) is 17.1 Å². The first-order chi connectivity index (χ1) is 14.0.